The number of carboxylic acid groups (broad SMARTS) is 1. The number of hydrogen-bond acceptors (Lipinski definition) is 7. The van der Waals surface area contributed by atoms with Crippen LogP contribution in [0.25, 0.3) is 0 Å². The zero-order valence-corrected chi connectivity index (χ0v) is 11.0. The Hall–Kier alpha value is -2.19. The molecule has 2 aliphatic heterocycles. The molecule has 0 spiro atoms. The molecule has 0 radical (unpaired) electrons. The molecule has 2 fully saturated rings. The number of ether oxygens (including phenoxy) is 4. The van der Waals surface area contributed by atoms with Gasteiger partial charge in [-0.25, -0.2) is 14.4 Å². The van der Waals surface area contributed by atoms with E-state index in [9.17, 15) is 14.4 Å². The van der Waals surface area contributed by atoms with Gasteiger partial charge < -0.3 is 24.1 Å². The van der Waals surface area contributed by atoms with Crippen LogP contribution >= 0.6 is 0 Å². The maximum absolute atomic E-state index is 11.4. The van der Waals surface area contributed by atoms with Gasteiger partial charge in [0, 0.05) is 18.2 Å². The fraction of sp³-hybridized carbons (Fsp3) is 0.462. The molecule has 0 aromatic heterocycles. The number of carbonyl (C=O) groups is 3. The van der Waals surface area contributed by atoms with E-state index in [0.717, 1.165) is 12.2 Å². The van der Waals surface area contributed by atoms with Crippen molar-refractivity contribution in [2.45, 2.75) is 24.4 Å². The Bertz CT molecular complexity index is 483. The van der Waals surface area contributed by atoms with Crippen LogP contribution < -0.4 is 0 Å². The van der Waals surface area contributed by atoms with Crippen molar-refractivity contribution in [2.75, 3.05) is 13.2 Å². The van der Waals surface area contributed by atoms with E-state index < -0.39 is 42.3 Å². The maximum Gasteiger partial charge on any atom is 0.331 e. The van der Waals surface area contributed by atoms with Crippen molar-refractivity contribution in [1.29, 1.82) is 0 Å². The van der Waals surface area contributed by atoms with Crippen LogP contribution in [0.1, 0.15) is 0 Å². The van der Waals surface area contributed by atoms with Gasteiger partial charge in [-0.15, -0.1) is 0 Å². The zero-order chi connectivity index (χ0) is 15.4. The molecule has 0 saturated carbocycles. The minimum Gasteiger partial charge on any atom is -0.478 e. The summed E-state index contributed by atoms with van der Waals surface area (Å²) in [4.78, 5) is 32.9. The van der Waals surface area contributed by atoms with Crippen molar-refractivity contribution in [3.8, 4) is 0 Å². The van der Waals surface area contributed by atoms with Crippen molar-refractivity contribution in [3.05, 3.63) is 24.8 Å². The molecule has 0 aromatic rings. The number of rotatable bonds is 5. The van der Waals surface area contributed by atoms with E-state index >= 15 is 0 Å². The van der Waals surface area contributed by atoms with Crippen LogP contribution in [0.3, 0.4) is 0 Å². The van der Waals surface area contributed by atoms with Crippen LogP contribution in [0.2, 0.25) is 0 Å². The Morgan fingerprint density at radius 1 is 1.00 bits per heavy atom. The lowest BCUT2D eigenvalue weighted by atomic mass is 10.1. The monoisotopic (exact) mass is 298 g/mol. The van der Waals surface area contributed by atoms with Gasteiger partial charge in [0.2, 0.25) is 0 Å². The maximum atomic E-state index is 11.4. The van der Waals surface area contributed by atoms with Crippen molar-refractivity contribution < 1.29 is 38.4 Å². The smallest absolute Gasteiger partial charge is 0.331 e. The van der Waals surface area contributed by atoms with E-state index in [1.807, 2.05) is 0 Å². The molecule has 21 heavy (non-hydrogen) atoms. The van der Waals surface area contributed by atoms with Gasteiger partial charge in [-0.2, -0.15) is 0 Å². The van der Waals surface area contributed by atoms with Gasteiger partial charge in [0.05, 0.1) is 13.2 Å². The fourth-order valence-electron chi connectivity index (χ4n) is 2.16. The van der Waals surface area contributed by atoms with Gasteiger partial charge in [-0.3, -0.25) is 0 Å². The minimum atomic E-state index is -1.25. The topological polar surface area (TPSA) is 108 Å². The second-order valence-electron chi connectivity index (χ2n) is 4.42. The standard InChI is InChI=1S/C13H14O8/c1-2-10(16)20-7-5-18-13-8(6-19-12(7)13)21-11(17)4-3-9(14)15/h2-4,7-8,12-13H,1,5-6H2,(H,14,15)/b4-3-/t7-,8+,12-,13-/m1/s1. The number of hydrogen-bond donors (Lipinski definition) is 1. The average molecular weight is 298 g/mol. The molecule has 0 aromatic carbocycles. The highest BCUT2D eigenvalue weighted by atomic mass is 16.7. The molecular formula is C13H14O8. The van der Waals surface area contributed by atoms with Crippen LogP contribution in [0.15, 0.2) is 24.8 Å². The first-order chi connectivity index (χ1) is 10.0. The van der Waals surface area contributed by atoms with Gasteiger partial charge >= 0.3 is 17.9 Å². The molecule has 2 rings (SSSR count). The molecule has 2 saturated heterocycles. The zero-order valence-electron chi connectivity index (χ0n) is 11.0. The van der Waals surface area contributed by atoms with E-state index in [0.29, 0.717) is 6.08 Å². The van der Waals surface area contributed by atoms with E-state index in [1.54, 1.807) is 0 Å². The predicted octanol–water partition coefficient (Wildman–Crippen LogP) is -0.566. The molecule has 0 amide bonds. The van der Waals surface area contributed by atoms with Crippen molar-refractivity contribution in [2.24, 2.45) is 0 Å². The molecule has 2 heterocycles. The quantitative estimate of drug-likeness (QED) is 0.531. The van der Waals surface area contributed by atoms with Crippen molar-refractivity contribution in [1.82, 2.24) is 0 Å². The number of fused-ring (bicyclic) bond motifs is 1. The molecule has 4 atom stereocenters. The van der Waals surface area contributed by atoms with Gasteiger partial charge in [0.1, 0.15) is 12.2 Å². The summed E-state index contributed by atoms with van der Waals surface area (Å²) < 4.78 is 21.0. The van der Waals surface area contributed by atoms with Gasteiger partial charge in [0.25, 0.3) is 0 Å². The van der Waals surface area contributed by atoms with Crippen molar-refractivity contribution in [3.63, 3.8) is 0 Å². The minimum absolute atomic E-state index is 0.0874. The third-order valence-electron chi connectivity index (χ3n) is 3.03. The summed E-state index contributed by atoms with van der Waals surface area (Å²) in [5.41, 5.74) is 0. The Kier molecular flexibility index (Phi) is 4.71. The first-order valence-electron chi connectivity index (χ1n) is 6.19. The Morgan fingerprint density at radius 3 is 2.00 bits per heavy atom. The molecule has 0 bridgehead atoms. The van der Waals surface area contributed by atoms with Crippen LogP contribution in [-0.4, -0.2) is 60.6 Å². The summed E-state index contributed by atoms with van der Waals surface area (Å²) >= 11 is 0. The van der Waals surface area contributed by atoms with E-state index in [-0.39, 0.29) is 13.2 Å². The molecule has 114 valence electrons. The van der Waals surface area contributed by atoms with Crippen LogP contribution in [0.5, 0.6) is 0 Å². The lowest BCUT2D eigenvalue weighted by Crippen LogP contribution is -2.35. The molecule has 1 N–H and O–H groups in total. The van der Waals surface area contributed by atoms with Gasteiger partial charge in [-0.1, -0.05) is 6.58 Å². The summed E-state index contributed by atoms with van der Waals surface area (Å²) in [7, 11) is 0. The largest absolute Gasteiger partial charge is 0.478 e. The summed E-state index contributed by atoms with van der Waals surface area (Å²) in [6.45, 7) is 3.52. The predicted molar refractivity (Wildman–Crippen MR) is 66.2 cm³/mol. The molecule has 0 unspecified atom stereocenters. The number of aliphatic carboxylic acids is 1. The summed E-state index contributed by atoms with van der Waals surface area (Å²) in [5.74, 6) is -2.64. The van der Waals surface area contributed by atoms with Crippen LogP contribution in [0.4, 0.5) is 0 Å². The lowest BCUT2D eigenvalue weighted by molar-refractivity contribution is -0.149. The lowest BCUT2D eigenvalue weighted by Gasteiger charge is -2.16. The van der Waals surface area contributed by atoms with E-state index in [4.69, 9.17) is 24.1 Å². The highest BCUT2D eigenvalue weighted by Gasteiger charge is 2.50. The third-order valence-corrected chi connectivity index (χ3v) is 3.03. The Labute approximate surface area is 119 Å². The SMILES string of the molecule is C=CC(=O)O[C@@H]1CO[C@H]2[C@@H]1OC[C@@H]2OC(=O)/C=C\C(=O)O. The van der Waals surface area contributed by atoms with Gasteiger partial charge in [0.15, 0.2) is 12.2 Å². The first kappa shape index (κ1) is 15.2. The molecule has 2 aliphatic rings. The Morgan fingerprint density at radius 2 is 1.52 bits per heavy atom. The van der Waals surface area contributed by atoms with Crippen molar-refractivity contribution >= 4 is 17.9 Å². The normalized spacial score (nSPS) is 30.9. The molecule has 8 nitrogen and oxygen atoms in total. The van der Waals surface area contributed by atoms with Crippen LogP contribution in [-0.2, 0) is 33.3 Å². The molecule has 0 aliphatic carbocycles. The highest BCUT2D eigenvalue weighted by Crippen LogP contribution is 2.30. The summed E-state index contributed by atoms with van der Waals surface area (Å²) in [6, 6.07) is 0. The fourth-order valence-corrected chi connectivity index (χ4v) is 2.16. The van der Waals surface area contributed by atoms with E-state index in [2.05, 4.69) is 6.58 Å². The summed E-state index contributed by atoms with van der Waals surface area (Å²) in [6.07, 6.45) is 0.202. The first-order valence-corrected chi connectivity index (χ1v) is 6.19. The number of carboxylic acids is 1. The third kappa shape index (κ3) is 3.67. The second-order valence-corrected chi connectivity index (χ2v) is 4.42. The van der Waals surface area contributed by atoms with Gasteiger partial charge in [-0.05, 0) is 0 Å². The van der Waals surface area contributed by atoms with Crippen LogP contribution in [0, 0.1) is 0 Å². The molecule has 8 heteroatoms. The summed E-state index contributed by atoms with van der Waals surface area (Å²) in [5, 5.41) is 8.41. The highest BCUT2D eigenvalue weighted by molar-refractivity contribution is 5.90. The number of carbonyl (C=O) groups excluding carboxylic acids is 2. The average Bonchev–Trinajstić information content (AvgIpc) is 3.01. The number of esters is 2. The van der Waals surface area contributed by atoms with E-state index in [1.165, 1.54) is 0 Å². The molecular weight excluding hydrogens is 284 g/mol. The second kappa shape index (κ2) is 6.51. The Balaban J connectivity index is 1.89.